The molecule has 1 N–H and O–H groups in total. The van der Waals surface area contributed by atoms with Gasteiger partial charge in [0.15, 0.2) is 11.6 Å². The zero-order valence-electron chi connectivity index (χ0n) is 11.5. The lowest BCUT2D eigenvalue weighted by molar-refractivity contribution is 0.0683. The van der Waals surface area contributed by atoms with Crippen LogP contribution in [-0.4, -0.2) is 25.8 Å². The minimum absolute atomic E-state index is 0.0457. The number of benzene rings is 1. The smallest absolute Gasteiger partial charge is 0.375 e. The highest BCUT2D eigenvalue weighted by atomic mass is 19.1. The lowest BCUT2D eigenvalue weighted by Crippen LogP contribution is -2.20. The van der Waals surface area contributed by atoms with E-state index in [2.05, 4.69) is 10.1 Å². The van der Waals surface area contributed by atoms with E-state index in [0.717, 1.165) is 4.68 Å². The van der Waals surface area contributed by atoms with E-state index in [4.69, 9.17) is 5.11 Å². The van der Waals surface area contributed by atoms with E-state index in [9.17, 15) is 18.0 Å². The molecule has 0 fully saturated rings. The Kier molecular flexibility index (Phi) is 3.48. The molecule has 0 saturated carbocycles. The van der Waals surface area contributed by atoms with E-state index in [-0.39, 0.29) is 5.82 Å². The molecule has 1 aromatic heterocycles. The van der Waals surface area contributed by atoms with Crippen molar-refractivity contribution < 1.29 is 23.1 Å². The number of nitrogens with zero attached hydrogens (tertiary/aromatic N) is 3. The topological polar surface area (TPSA) is 68.0 Å². The molecule has 0 atom stereocenters. The van der Waals surface area contributed by atoms with Gasteiger partial charge in [-0.3, -0.25) is 0 Å². The first kappa shape index (κ1) is 15.0. The Morgan fingerprint density at radius 3 is 2.14 bits per heavy atom. The molecular weight excluding hydrogens is 287 g/mol. The van der Waals surface area contributed by atoms with Crippen molar-refractivity contribution >= 4 is 5.97 Å². The summed E-state index contributed by atoms with van der Waals surface area (Å²) >= 11 is 0. The van der Waals surface area contributed by atoms with Crippen LogP contribution in [0.3, 0.4) is 0 Å². The standard InChI is InChI=1S/C13H12F3N3O2/c1-13(2,3)12-17-10(11(20)21)18-19(12)9-7(15)4-6(14)5-8(9)16/h4-5H,1-3H3,(H,20,21). The minimum atomic E-state index is -1.43. The molecule has 0 spiro atoms. The predicted molar refractivity (Wildman–Crippen MR) is 66.9 cm³/mol. The van der Waals surface area contributed by atoms with Gasteiger partial charge in [-0.15, -0.1) is 5.10 Å². The Bertz CT molecular complexity index is 697. The highest BCUT2D eigenvalue weighted by molar-refractivity contribution is 5.83. The van der Waals surface area contributed by atoms with E-state index in [1.165, 1.54) is 0 Å². The SMILES string of the molecule is CC(C)(C)c1nc(C(=O)O)nn1-c1c(F)cc(F)cc1F. The number of rotatable bonds is 2. The molecular formula is C13H12F3N3O2. The molecule has 5 nitrogen and oxygen atoms in total. The number of carbonyl (C=O) groups is 1. The van der Waals surface area contributed by atoms with Gasteiger partial charge in [-0.05, 0) is 0 Å². The second-order valence-corrected chi connectivity index (χ2v) is 5.44. The average Bonchev–Trinajstić information content (AvgIpc) is 2.71. The van der Waals surface area contributed by atoms with Crippen LogP contribution in [0.5, 0.6) is 0 Å². The maximum absolute atomic E-state index is 13.9. The number of hydrogen-bond acceptors (Lipinski definition) is 3. The number of hydrogen-bond donors (Lipinski definition) is 1. The molecule has 0 amide bonds. The van der Waals surface area contributed by atoms with Crippen LogP contribution in [0.1, 0.15) is 37.2 Å². The molecule has 8 heteroatoms. The maximum atomic E-state index is 13.9. The third kappa shape index (κ3) is 2.74. The van der Waals surface area contributed by atoms with Crippen LogP contribution in [-0.2, 0) is 5.41 Å². The Labute approximate surface area is 118 Å². The van der Waals surface area contributed by atoms with Crippen LogP contribution < -0.4 is 0 Å². The molecule has 0 saturated heterocycles. The van der Waals surface area contributed by atoms with Gasteiger partial charge in [0.1, 0.15) is 17.3 Å². The largest absolute Gasteiger partial charge is 0.475 e. The third-order valence-corrected chi connectivity index (χ3v) is 2.66. The molecule has 21 heavy (non-hydrogen) atoms. The Morgan fingerprint density at radius 2 is 1.71 bits per heavy atom. The summed E-state index contributed by atoms with van der Waals surface area (Å²) in [6, 6.07) is 0.986. The summed E-state index contributed by atoms with van der Waals surface area (Å²) in [5.74, 6) is -5.45. The van der Waals surface area contributed by atoms with Crippen LogP contribution in [0.4, 0.5) is 13.2 Å². The van der Waals surface area contributed by atoms with Gasteiger partial charge in [-0.2, -0.15) is 0 Å². The number of aromatic carboxylic acids is 1. The molecule has 2 aromatic rings. The summed E-state index contributed by atoms with van der Waals surface area (Å²) in [4.78, 5) is 14.8. The molecule has 0 radical (unpaired) electrons. The van der Waals surface area contributed by atoms with Crippen molar-refractivity contribution in [2.24, 2.45) is 0 Å². The number of carboxylic acids is 1. The monoisotopic (exact) mass is 299 g/mol. The summed E-state index contributed by atoms with van der Waals surface area (Å²) in [5.41, 5.74) is -1.39. The molecule has 0 aliphatic rings. The first-order chi connectivity index (χ1) is 9.61. The normalized spacial score (nSPS) is 11.7. The molecule has 0 bridgehead atoms. The molecule has 1 aromatic carbocycles. The lowest BCUT2D eigenvalue weighted by Gasteiger charge is -2.18. The Hall–Kier alpha value is -2.38. The summed E-state index contributed by atoms with van der Waals surface area (Å²) in [7, 11) is 0. The summed E-state index contributed by atoms with van der Waals surface area (Å²) in [6.07, 6.45) is 0. The highest BCUT2D eigenvalue weighted by Crippen LogP contribution is 2.26. The fourth-order valence-electron chi connectivity index (χ4n) is 1.78. The predicted octanol–water partition coefficient (Wildman–Crippen LogP) is 2.68. The molecule has 112 valence electrons. The molecule has 2 rings (SSSR count). The van der Waals surface area contributed by atoms with Gasteiger partial charge in [0.2, 0.25) is 0 Å². The second-order valence-electron chi connectivity index (χ2n) is 5.44. The molecule has 0 aliphatic heterocycles. The van der Waals surface area contributed by atoms with Crippen molar-refractivity contribution in [2.75, 3.05) is 0 Å². The van der Waals surface area contributed by atoms with Crippen LogP contribution >= 0.6 is 0 Å². The van der Waals surface area contributed by atoms with E-state index in [0.29, 0.717) is 12.1 Å². The van der Waals surface area contributed by atoms with E-state index in [1.54, 1.807) is 20.8 Å². The Balaban J connectivity index is 2.77. The average molecular weight is 299 g/mol. The van der Waals surface area contributed by atoms with Gasteiger partial charge >= 0.3 is 5.97 Å². The number of aromatic nitrogens is 3. The fraction of sp³-hybridized carbons (Fsp3) is 0.308. The van der Waals surface area contributed by atoms with Crippen molar-refractivity contribution in [3.05, 3.63) is 41.2 Å². The quantitative estimate of drug-likeness (QED) is 0.925. The van der Waals surface area contributed by atoms with Crippen molar-refractivity contribution in [1.82, 2.24) is 14.8 Å². The van der Waals surface area contributed by atoms with Gasteiger partial charge < -0.3 is 5.11 Å². The van der Waals surface area contributed by atoms with Crippen LogP contribution in [0.2, 0.25) is 0 Å². The summed E-state index contributed by atoms with van der Waals surface area (Å²) in [5, 5.41) is 12.5. The zero-order chi connectivity index (χ0) is 15.9. The van der Waals surface area contributed by atoms with E-state index < -0.39 is 40.3 Å². The first-order valence-electron chi connectivity index (χ1n) is 5.97. The van der Waals surface area contributed by atoms with Crippen LogP contribution in [0.25, 0.3) is 5.69 Å². The van der Waals surface area contributed by atoms with Crippen molar-refractivity contribution in [1.29, 1.82) is 0 Å². The summed E-state index contributed by atoms with van der Waals surface area (Å²) < 4.78 is 41.4. The second kappa shape index (κ2) is 4.87. The van der Waals surface area contributed by atoms with Crippen molar-refractivity contribution in [3.63, 3.8) is 0 Å². The van der Waals surface area contributed by atoms with Gasteiger partial charge in [-0.25, -0.2) is 27.6 Å². The molecule has 0 unspecified atom stereocenters. The minimum Gasteiger partial charge on any atom is -0.475 e. The van der Waals surface area contributed by atoms with Gasteiger partial charge in [-0.1, -0.05) is 20.8 Å². The maximum Gasteiger partial charge on any atom is 0.375 e. The van der Waals surface area contributed by atoms with Crippen LogP contribution in [0.15, 0.2) is 12.1 Å². The van der Waals surface area contributed by atoms with Gasteiger partial charge in [0.05, 0.1) is 0 Å². The summed E-state index contributed by atoms with van der Waals surface area (Å²) in [6.45, 7) is 5.04. The first-order valence-corrected chi connectivity index (χ1v) is 5.97. The fourth-order valence-corrected chi connectivity index (χ4v) is 1.78. The third-order valence-electron chi connectivity index (χ3n) is 2.66. The molecule has 0 aliphatic carbocycles. The van der Waals surface area contributed by atoms with Gasteiger partial charge in [0, 0.05) is 17.5 Å². The lowest BCUT2D eigenvalue weighted by atomic mass is 9.95. The number of carboxylic acid groups (broad SMARTS) is 1. The molecule has 1 heterocycles. The van der Waals surface area contributed by atoms with Crippen molar-refractivity contribution in [2.45, 2.75) is 26.2 Å². The van der Waals surface area contributed by atoms with E-state index in [1.807, 2.05) is 0 Å². The Morgan fingerprint density at radius 1 is 1.19 bits per heavy atom. The highest BCUT2D eigenvalue weighted by Gasteiger charge is 2.28. The van der Waals surface area contributed by atoms with Gasteiger partial charge in [0.25, 0.3) is 5.82 Å². The van der Waals surface area contributed by atoms with E-state index >= 15 is 0 Å². The zero-order valence-corrected chi connectivity index (χ0v) is 11.5. The van der Waals surface area contributed by atoms with Crippen LogP contribution in [0, 0.1) is 17.5 Å². The number of halogens is 3. The van der Waals surface area contributed by atoms with Crippen molar-refractivity contribution in [3.8, 4) is 5.69 Å².